The molecular weight excluding hydrogens is 400 g/mol. The van der Waals surface area contributed by atoms with Crippen molar-refractivity contribution in [2.75, 3.05) is 0 Å². The SMILES string of the molecule is C=CCC(C#N)(C#N)C1=C(C)CC[C@H](C(=C)C)C1[C@@H](/C=C/c1ccccc1)c1ccccc1. The van der Waals surface area contributed by atoms with E-state index >= 15 is 0 Å². The minimum absolute atomic E-state index is 0.00393. The molecule has 0 fully saturated rings. The lowest BCUT2D eigenvalue weighted by Crippen LogP contribution is -2.36. The van der Waals surface area contributed by atoms with Crippen molar-refractivity contribution in [3.8, 4) is 12.1 Å². The van der Waals surface area contributed by atoms with E-state index in [0.717, 1.165) is 35.1 Å². The smallest absolute Gasteiger partial charge is 0.168 e. The highest BCUT2D eigenvalue weighted by Crippen LogP contribution is 2.53. The van der Waals surface area contributed by atoms with Crippen LogP contribution in [0.1, 0.15) is 50.2 Å². The number of allylic oxidation sites excluding steroid dienone is 5. The van der Waals surface area contributed by atoms with Gasteiger partial charge in [-0.05, 0) is 55.2 Å². The van der Waals surface area contributed by atoms with E-state index in [9.17, 15) is 10.5 Å². The highest BCUT2D eigenvalue weighted by atomic mass is 14.5. The van der Waals surface area contributed by atoms with Crippen LogP contribution in [0.4, 0.5) is 0 Å². The molecule has 0 radical (unpaired) electrons. The fraction of sp³-hybridized carbons (Fsp3) is 0.290. The molecule has 1 unspecified atom stereocenters. The molecule has 0 heterocycles. The van der Waals surface area contributed by atoms with Crippen LogP contribution in [0.15, 0.2) is 103 Å². The third kappa shape index (κ3) is 5.08. The average Bonchev–Trinajstić information content (AvgIpc) is 2.84. The van der Waals surface area contributed by atoms with Gasteiger partial charge in [0.05, 0.1) is 12.1 Å². The lowest BCUT2D eigenvalue weighted by molar-refractivity contribution is 0.314. The van der Waals surface area contributed by atoms with Gasteiger partial charge in [0.1, 0.15) is 0 Å². The predicted molar refractivity (Wildman–Crippen MR) is 137 cm³/mol. The van der Waals surface area contributed by atoms with E-state index in [2.05, 4.69) is 87.7 Å². The highest BCUT2D eigenvalue weighted by molar-refractivity contribution is 5.53. The Morgan fingerprint density at radius 2 is 1.70 bits per heavy atom. The maximum atomic E-state index is 10.3. The molecule has 0 aromatic heterocycles. The normalized spacial score (nSPS) is 19.5. The van der Waals surface area contributed by atoms with Crippen LogP contribution >= 0.6 is 0 Å². The molecule has 0 amide bonds. The van der Waals surface area contributed by atoms with Gasteiger partial charge in [0, 0.05) is 12.3 Å². The lowest BCUT2D eigenvalue weighted by Gasteiger charge is -2.43. The number of rotatable bonds is 8. The van der Waals surface area contributed by atoms with Crippen molar-refractivity contribution >= 4 is 6.08 Å². The zero-order valence-corrected chi connectivity index (χ0v) is 19.7. The summed E-state index contributed by atoms with van der Waals surface area (Å²) in [5.41, 5.74) is 4.29. The Hall–Kier alpha value is -3.62. The van der Waals surface area contributed by atoms with Crippen LogP contribution < -0.4 is 0 Å². The van der Waals surface area contributed by atoms with Gasteiger partial charge >= 0.3 is 0 Å². The summed E-state index contributed by atoms with van der Waals surface area (Å²) in [4.78, 5) is 0. The third-order valence-electron chi connectivity index (χ3n) is 6.85. The van der Waals surface area contributed by atoms with Crippen LogP contribution in [0.5, 0.6) is 0 Å². The van der Waals surface area contributed by atoms with E-state index in [-0.39, 0.29) is 17.8 Å². The van der Waals surface area contributed by atoms with Crippen LogP contribution in [0.25, 0.3) is 6.08 Å². The van der Waals surface area contributed by atoms with Crippen molar-refractivity contribution in [1.82, 2.24) is 0 Å². The standard InChI is InChI=1S/C31H32N2/c1-5-20-31(21-32,22-33)30-24(4)16-18-27(23(2)3)29(30)28(26-14-10-7-11-15-26)19-17-25-12-8-6-9-13-25/h5-15,17,19,27-29H,1-2,16,18,20H2,3-4H3/b19-17+/t27-,28+,29?/m1/s1. The molecule has 33 heavy (non-hydrogen) atoms. The molecule has 0 saturated heterocycles. The Morgan fingerprint density at radius 1 is 1.09 bits per heavy atom. The highest BCUT2D eigenvalue weighted by Gasteiger charge is 2.46. The number of nitriles is 2. The Kier molecular flexibility index (Phi) is 7.87. The molecule has 166 valence electrons. The summed E-state index contributed by atoms with van der Waals surface area (Å²) in [7, 11) is 0. The van der Waals surface area contributed by atoms with Crippen molar-refractivity contribution in [3.05, 3.63) is 114 Å². The summed E-state index contributed by atoms with van der Waals surface area (Å²) < 4.78 is 0. The molecule has 2 aromatic carbocycles. The molecule has 0 bridgehead atoms. The molecule has 0 spiro atoms. The van der Waals surface area contributed by atoms with Gasteiger partial charge in [-0.1, -0.05) is 96.6 Å². The van der Waals surface area contributed by atoms with Crippen molar-refractivity contribution in [3.63, 3.8) is 0 Å². The summed E-state index contributed by atoms with van der Waals surface area (Å²) in [6.07, 6.45) is 8.26. The molecule has 3 rings (SSSR count). The molecule has 2 heteroatoms. The van der Waals surface area contributed by atoms with Gasteiger partial charge < -0.3 is 0 Å². The van der Waals surface area contributed by atoms with Gasteiger partial charge in [-0.2, -0.15) is 10.5 Å². The Morgan fingerprint density at radius 3 is 2.24 bits per heavy atom. The second-order valence-electron chi connectivity index (χ2n) is 9.04. The molecule has 0 saturated carbocycles. The van der Waals surface area contributed by atoms with E-state index in [1.165, 1.54) is 5.56 Å². The van der Waals surface area contributed by atoms with E-state index in [1.807, 2.05) is 24.3 Å². The molecule has 2 aromatic rings. The number of nitrogens with zero attached hydrogens (tertiary/aromatic N) is 2. The molecule has 2 nitrogen and oxygen atoms in total. The van der Waals surface area contributed by atoms with Crippen LogP contribution in [-0.2, 0) is 0 Å². The molecule has 1 aliphatic rings. The maximum absolute atomic E-state index is 10.3. The van der Waals surface area contributed by atoms with E-state index in [4.69, 9.17) is 0 Å². The minimum Gasteiger partial charge on any atom is -0.196 e. The van der Waals surface area contributed by atoms with Crippen molar-refractivity contribution < 1.29 is 0 Å². The summed E-state index contributed by atoms with van der Waals surface area (Å²) >= 11 is 0. The van der Waals surface area contributed by atoms with Gasteiger partial charge in [-0.3, -0.25) is 0 Å². The first-order chi connectivity index (χ1) is 16.0. The van der Waals surface area contributed by atoms with E-state index < -0.39 is 5.41 Å². The molecular formula is C31H32N2. The fourth-order valence-corrected chi connectivity index (χ4v) is 5.26. The minimum atomic E-state index is -1.22. The summed E-state index contributed by atoms with van der Waals surface area (Å²) in [6, 6.07) is 25.5. The Bertz CT molecular complexity index is 1110. The predicted octanol–water partition coefficient (Wildman–Crippen LogP) is 8.01. The summed E-state index contributed by atoms with van der Waals surface area (Å²) in [6.45, 7) is 12.4. The second kappa shape index (κ2) is 10.8. The molecule has 1 aliphatic carbocycles. The number of hydrogen-bond acceptors (Lipinski definition) is 2. The zero-order valence-electron chi connectivity index (χ0n) is 19.7. The van der Waals surface area contributed by atoms with Crippen LogP contribution in [0.2, 0.25) is 0 Å². The molecule has 0 N–H and O–H groups in total. The third-order valence-corrected chi connectivity index (χ3v) is 6.85. The van der Waals surface area contributed by atoms with Gasteiger partial charge in [-0.25, -0.2) is 0 Å². The van der Waals surface area contributed by atoms with E-state index in [0.29, 0.717) is 6.42 Å². The van der Waals surface area contributed by atoms with Gasteiger partial charge in [0.15, 0.2) is 5.41 Å². The first kappa shape index (κ1) is 24.0. The second-order valence-corrected chi connectivity index (χ2v) is 9.04. The van der Waals surface area contributed by atoms with Crippen LogP contribution in [0, 0.1) is 39.9 Å². The van der Waals surface area contributed by atoms with Gasteiger partial charge in [0.2, 0.25) is 0 Å². The quantitative estimate of drug-likeness (QED) is 0.397. The van der Waals surface area contributed by atoms with Crippen LogP contribution in [0.3, 0.4) is 0 Å². The van der Waals surface area contributed by atoms with Gasteiger partial charge in [-0.15, -0.1) is 6.58 Å². The van der Waals surface area contributed by atoms with Crippen molar-refractivity contribution in [2.45, 2.75) is 39.0 Å². The zero-order chi connectivity index (χ0) is 23.8. The Balaban J connectivity index is 2.26. The monoisotopic (exact) mass is 432 g/mol. The van der Waals surface area contributed by atoms with E-state index in [1.54, 1.807) is 6.08 Å². The molecule has 0 aliphatic heterocycles. The molecule has 3 atom stereocenters. The topological polar surface area (TPSA) is 47.6 Å². The first-order valence-corrected chi connectivity index (χ1v) is 11.5. The maximum Gasteiger partial charge on any atom is 0.168 e. The number of hydrogen-bond donors (Lipinski definition) is 0. The summed E-state index contributed by atoms with van der Waals surface area (Å²) in [5.74, 6) is 0.155. The largest absolute Gasteiger partial charge is 0.196 e. The Labute approximate surface area is 198 Å². The van der Waals surface area contributed by atoms with Crippen LogP contribution in [-0.4, -0.2) is 0 Å². The van der Waals surface area contributed by atoms with Crippen molar-refractivity contribution in [1.29, 1.82) is 10.5 Å². The number of benzene rings is 2. The fourth-order valence-electron chi connectivity index (χ4n) is 5.26. The summed E-state index contributed by atoms with van der Waals surface area (Å²) in [5, 5.41) is 20.6. The average molecular weight is 433 g/mol. The first-order valence-electron chi connectivity index (χ1n) is 11.5. The lowest BCUT2D eigenvalue weighted by atomic mass is 9.58. The van der Waals surface area contributed by atoms with Gasteiger partial charge in [0.25, 0.3) is 0 Å². The van der Waals surface area contributed by atoms with Crippen molar-refractivity contribution in [2.24, 2.45) is 17.3 Å².